The molecule has 1 aliphatic heterocycles. The van der Waals surface area contributed by atoms with Gasteiger partial charge in [-0.15, -0.1) is 0 Å². The Morgan fingerprint density at radius 1 is 1.09 bits per heavy atom. The van der Waals surface area contributed by atoms with E-state index in [0.717, 1.165) is 50.7 Å². The number of aryl methyl sites for hydroxylation is 1. The molecule has 0 bridgehead atoms. The van der Waals surface area contributed by atoms with E-state index in [-0.39, 0.29) is 23.5 Å². The number of Topliss-reactive ketones (excluding diaryl/α,β-unsaturated/α-hetero) is 1. The first-order valence-corrected chi connectivity index (χ1v) is 14.7. The van der Waals surface area contributed by atoms with Gasteiger partial charge in [0, 0.05) is 40.6 Å². The summed E-state index contributed by atoms with van der Waals surface area (Å²) < 4.78 is 41.0. The summed E-state index contributed by atoms with van der Waals surface area (Å²) in [4.78, 5) is 31.5. The Bertz CT molecular complexity index is 1980. The highest BCUT2D eigenvalue weighted by molar-refractivity contribution is 6.08. The van der Waals surface area contributed by atoms with E-state index in [9.17, 15) is 18.4 Å². The van der Waals surface area contributed by atoms with Crippen molar-refractivity contribution >= 4 is 27.6 Å². The lowest BCUT2D eigenvalue weighted by Crippen LogP contribution is -2.27. The van der Waals surface area contributed by atoms with Crippen molar-refractivity contribution in [2.24, 2.45) is 0 Å². The fourth-order valence-corrected chi connectivity index (χ4v) is 6.19. The van der Waals surface area contributed by atoms with Crippen LogP contribution >= 0.6 is 0 Å². The zero-order valence-corrected chi connectivity index (χ0v) is 25.4. The highest BCUT2D eigenvalue weighted by Crippen LogP contribution is 2.45. The summed E-state index contributed by atoms with van der Waals surface area (Å²) in [6.45, 7) is 9.82. The van der Waals surface area contributed by atoms with Crippen LogP contribution in [-0.4, -0.2) is 27.5 Å². The topological polar surface area (TPSA) is 70.4 Å². The molecule has 0 aliphatic carbocycles. The largest absolute Gasteiger partial charge is 0.493 e. The third-order valence-electron chi connectivity index (χ3n) is 8.03. The minimum Gasteiger partial charge on any atom is -0.493 e. The summed E-state index contributed by atoms with van der Waals surface area (Å²) >= 11 is 0. The van der Waals surface area contributed by atoms with E-state index >= 15 is 0 Å². The maximum absolute atomic E-state index is 13.5. The van der Waals surface area contributed by atoms with Crippen LogP contribution in [0.25, 0.3) is 32.9 Å². The number of alkyl halides is 2. The SMILES string of the molecule is CC(=O)C(OC(C)(C)C)c1c(C)cc2c(ccc(=O)n2Cc2cccc(C(F)F)c2)c1-c1ccc2c3c(ccnc13)CCO2. The van der Waals surface area contributed by atoms with Crippen molar-refractivity contribution < 1.29 is 23.0 Å². The number of carbonyl (C=O) groups excluding carboxylic acids is 1. The van der Waals surface area contributed by atoms with Gasteiger partial charge in [-0.3, -0.25) is 14.6 Å². The van der Waals surface area contributed by atoms with Crippen molar-refractivity contribution in [3.8, 4) is 16.9 Å². The average Bonchev–Trinajstić information content (AvgIpc) is 2.97. The Morgan fingerprint density at radius 3 is 2.61 bits per heavy atom. The van der Waals surface area contributed by atoms with E-state index in [1.54, 1.807) is 29.0 Å². The first kappa shape index (κ1) is 29.6. The van der Waals surface area contributed by atoms with Crippen LogP contribution in [0.1, 0.15) is 68.0 Å². The number of pyridine rings is 2. The second-order valence-corrected chi connectivity index (χ2v) is 12.3. The van der Waals surface area contributed by atoms with E-state index < -0.39 is 18.1 Å². The number of nitrogens with zero attached hydrogens (tertiary/aromatic N) is 2. The number of ketones is 1. The summed E-state index contributed by atoms with van der Waals surface area (Å²) in [5.74, 6) is 0.598. The smallest absolute Gasteiger partial charge is 0.263 e. The first-order chi connectivity index (χ1) is 20.9. The van der Waals surface area contributed by atoms with Crippen LogP contribution in [0.3, 0.4) is 0 Å². The Kier molecular flexibility index (Phi) is 7.58. The van der Waals surface area contributed by atoms with Crippen molar-refractivity contribution in [3.05, 3.63) is 105 Å². The second-order valence-electron chi connectivity index (χ2n) is 12.3. The number of hydrogen-bond acceptors (Lipinski definition) is 5. The Morgan fingerprint density at radius 2 is 1.89 bits per heavy atom. The molecule has 6 nitrogen and oxygen atoms in total. The lowest BCUT2D eigenvalue weighted by atomic mass is 9.85. The molecular weight excluding hydrogens is 562 g/mol. The molecule has 8 heteroatoms. The van der Waals surface area contributed by atoms with Gasteiger partial charge in [0.15, 0.2) is 5.78 Å². The molecule has 0 fully saturated rings. The molecule has 1 aliphatic rings. The molecule has 226 valence electrons. The number of aromatic nitrogens is 2. The van der Waals surface area contributed by atoms with E-state index in [4.69, 9.17) is 14.5 Å². The van der Waals surface area contributed by atoms with Crippen molar-refractivity contribution in [1.82, 2.24) is 9.55 Å². The van der Waals surface area contributed by atoms with Gasteiger partial charge in [-0.1, -0.05) is 18.2 Å². The number of benzene rings is 3. The zero-order chi connectivity index (χ0) is 31.3. The van der Waals surface area contributed by atoms with Crippen LogP contribution < -0.4 is 10.3 Å². The van der Waals surface area contributed by atoms with Crippen molar-refractivity contribution in [3.63, 3.8) is 0 Å². The second kappa shape index (κ2) is 11.2. The monoisotopic (exact) mass is 596 g/mol. The fourth-order valence-electron chi connectivity index (χ4n) is 6.19. The number of hydrogen-bond donors (Lipinski definition) is 0. The molecule has 0 radical (unpaired) electrons. The molecule has 1 unspecified atom stereocenters. The number of halogens is 2. The minimum atomic E-state index is -2.62. The molecule has 1 atom stereocenters. The van der Waals surface area contributed by atoms with Gasteiger partial charge < -0.3 is 14.0 Å². The van der Waals surface area contributed by atoms with Gasteiger partial charge in [0.25, 0.3) is 12.0 Å². The average molecular weight is 597 g/mol. The third kappa shape index (κ3) is 5.39. The quantitative estimate of drug-likeness (QED) is 0.191. The van der Waals surface area contributed by atoms with E-state index in [0.29, 0.717) is 23.3 Å². The molecule has 0 amide bonds. The molecule has 0 spiro atoms. The van der Waals surface area contributed by atoms with Crippen LogP contribution in [0, 0.1) is 6.92 Å². The molecule has 3 heterocycles. The van der Waals surface area contributed by atoms with Crippen LogP contribution in [0.5, 0.6) is 5.75 Å². The highest BCUT2D eigenvalue weighted by atomic mass is 19.3. The molecular formula is C36H34F2N2O4. The van der Waals surface area contributed by atoms with E-state index in [2.05, 4.69) is 0 Å². The van der Waals surface area contributed by atoms with Gasteiger partial charge in [0.05, 0.1) is 29.8 Å². The number of fused-ring (bicyclic) bond motifs is 1. The summed E-state index contributed by atoms with van der Waals surface area (Å²) in [6, 6.07) is 17.1. The number of carbonyl (C=O) groups is 1. The summed E-state index contributed by atoms with van der Waals surface area (Å²) in [7, 11) is 0. The molecule has 2 aromatic heterocycles. The Labute approximate surface area is 254 Å². The highest BCUT2D eigenvalue weighted by Gasteiger charge is 2.31. The molecule has 44 heavy (non-hydrogen) atoms. The van der Waals surface area contributed by atoms with Gasteiger partial charge in [-0.2, -0.15) is 0 Å². The molecule has 0 saturated carbocycles. The van der Waals surface area contributed by atoms with E-state index in [1.165, 1.54) is 25.1 Å². The molecule has 5 aromatic rings. The van der Waals surface area contributed by atoms with E-state index in [1.807, 2.05) is 52.0 Å². The lowest BCUT2D eigenvalue weighted by molar-refractivity contribution is -0.138. The van der Waals surface area contributed by atoms with Crippen molar-refractivity contribution in [2.45, 2.75) is 65.7 Å². The summed E-state index contributed by atoms with van der Waals surface area (Å²) in [6.07, 6.45) is -0.975. The van der Waals surface area contributed by atoms with Gasteiger partial charge in [-0.05, 0) is 98.8 Å². The molecule has 0 saturated heterocycles. The Hall–Kier alpha value is -4.43. The van der Waals surface area contributed by atoms with Gasteiger partial charge in [0.1, 0.15) is 11.9 Å². The van der Waals surface area contributed by atoms with Crippen molar-refractivity contribution in [2.75, 3.05) is 6.61 Å². The zero-order valence-electron chi connectivity index (χ0n) is 25.4. The molecule has 0 N–H and O–H groups in total. The third-order valence-corrected chi connectivity index (χ3v) is 8.03. The number of ether oxygens (including phenoxy) is 2. The Balaban J connectivity index is 1.69. The fraction of sp³-hybridized carbons (Fsp3) is 0.306. The molecule has 6 rings (SSSR count). The summed E-state index contributed by atoms with van der Waals surface area (Å²) in [5, 5.41) is 1.64. The first-order valence-electron chi connectivity index (χ1n) is 14.7. The van der Waals surface area contributed by atoms with Gasteiger partial charge in [0.2, 0.25) is 0 Å². The van der Waals surface area contributed by atoms with Crippen LogP contribution in [0.4, 0.5) is 8.78 Å². The van der Waals surface area contributed by atoms with Crippen molar-refractivity contribution in [1.29, 1.82) is 0 Å². The number of rotatable bonds is 7. The predicted molar refractivity (Wildman–Crippen MR) is 168 cm³/mol. The van der Waals surface area contributed by atoms with Crippen LogP contribution in [0.15, 0.2) is 71.7 Å². The minimum absolute atomic E-state index is 0.0967. The van der Waals surface area contributed by atoms with Crippen LogP contribution in [0.2, 0.25) is 0 Å². The normalized spacial score (nSPS) is 13.8. The summed E-state index contributed by atoms with van der Waals surface area (Å²) in [5.41, 5.74) is 5.04. The maximum Gasteiger partial charge on any atom is 0.263 e. The maximum atomic E-state index is 13.5. The standard InChI is InChI=1S/C36H34F2N2O4/c1-20-17-27-25(10-12-29(42)40(27)19-22-7-6-8-24(18-22)35(37)38)32(30(20)34(21(2)41)44-36(3,4)5)26-9-11-28-31-23(14-16-43-28)13-15-39-33(26)31/h6-13,15,17-18,34-35H,14,16,19H2,1-5H3. The predicted octanol–water partition coefficient (Wildman–Crippen LogP) is 7.89. The van der Waals surface area contributed by atoms with Crippen LogP contribution in [-0.2, 0) is 22.5 Å². The molecule has 3 aromatic carbocycles. The van der Waals surface area contributed by atoms with Gasteiger partial charge >= 0.3 is 0 Å². The van der Waals surface area contributed by atoms with Gasteiger partial charge in [-0.25, -0.2) is 8.78 Å². The lowest BCUT2D eigenvalue weighted by Gasteiger charge is -2.30.